The molecule has 0 N–H and O–H groups in total. The van der Waals surface area contributed by atoms with E-state index in [-0.39, 0.29) is 10.7 Å². The van der Waals surface area contributed by atoms with Gasteiger partial charge in [-0.2, -0.15) is 9.97 Å². The highest BCUT2D eigenvalue weighted by Gasteiger charge is 2.30. The van der Waals surface area contributed by atoms with Crippen LogP contribution >= 0.6 is 23.4 Å². The summed E-state index contributed by atoms with van der Waals surface area (Å²) in [5.41, 5.74) is -0.354. The first-order valence-electron chi connectivity index (χ1n) is 5.61. The Morgan fingerprint density at radius 3 is 2.26 bits per heavy atom. The molecule has 0 bridgehead atoms. The van der Waals surface area contributed by atoms with E-state index < -0.39 is 0 Å². The molecule has 1 aromatic heterocycles. The molecule has 0 saturated carbocycles. The third-order valence-corrected chi connectivity index (χ3v) is 4.63. The van der Waals surface area contributed by atoms with Crippen molar-refractivity contribution in [2.45, 2.75) is 24.3 Å². The number of rotatable bonds is 7. The van der Waals surface area contributed by atoms with Crippen molar-refractivity contribution in [2.24, 2.45) is 5.41 Å². The van der Waals surface area contributed by atoms with Gasteiger partial charge in [-0.15, -0.1) is 11.6 Å². The number of aldehydes is 1. The first-order chi connectivity index (χ1) is 8.96. The molecule has 1 heterocycles. The van der Waals surface area contributed by atoms with Gasteiger partial charge in [0.05, 0.1) is 25.5 Å². The zero-order chi connectivity index (χ0) is 14.5. The van der Waals surface area contributed by atoms with E-state index in [1.165, 1.54) is 26.0 Å². The van der Waals surface area contributed by atoms with Crippen LogP contribution in [-0.4, -0.2) is 41.6 Å². The van der Waals surface area contributed by atoms with Gasteiger partial charge in [0.2, 0.25) is 11.8 Å². The molecule has 0 saturated heterocycles. The van der Waals surface area contributed by atoms with Gasteiger partial charge in [-0.05, 0) is 5.41 Å². The van der Waals surface area contributed by atoms with Crippen molar-refractivity contribution >= 4 is 29.6 Å². The Kier molecular flexibility index (Phi) is 5.87. The number of carbonyl (C=O) groups is 1. The fraction of sp³-hybridized carbons (Fsp3) is 0.583. The molecule has 1 unspecified atom stereocenters. The van der Waals surface area contributed by atoms with Crippen LogP contribution in [0, 0.1) is 5.41 Å². The van der Waals surface area contributed by atoms with Crippen molar-refractivity contribution < 1.29 is 14.3 Å². The molecule has 7 heteroatoms. The standard InChI is InChI=1S/C12H17ClN2O3S/c1-12(2,7-13)8(6-16)19-11-14-9(17-3)5-10(15-11)18-4/h5-6,8H,7H2,1-4H3. The summed E-state index contributed by atoms with van der Waals surface area (Å²) in [4.78, 5) is 19.6. The fourth-order valence-electron chi connectivity index (χ4n) is 1.21. The van der Waals surface area contributed by atoms with Crippen LogP contribution < -0.4 is 9.47 Å². The number of halogens is 1. The smallest absolute Gasteiger partial charge is 0.220 e. The molecule has 0 aliphatic heterocycles. The predicted octanol–water partition coefficient (Wildman–Crippen LogP) is 2.42. The van der Waals surface area contributed by atoms with E-state index in [1.807, 2.05) is 13.8 Å². The summed E-state index contributed by atoms with van der Waals surface area (Å²) in [6.45, 7) is 3.84. The summed E-state index contributed by atoms with van der Waals surface area (Å²) in [5, 5.41) is 0.0771. The molecule has 0 radical (unpaired) electrons. The van der Waals surface area contributed by atoms with E-state index in [0.717, 1.165) is 6.29 Å². The minimum absolute atomic E-state index is 0.346. The SMILES string of the molecule is COc1cc(OC)nc(SC(C=O)C(C)(C)CCl)n1. The van der Waals surface area contributed by atoms with Crippen LogP contribution in [0.4, 0.5) is 0 Å². The van der Waals surface area contributed by atoms with E-state index in [0.29, 0.717) is 22.8 Å². The average molecular weight is 305 g/mol. The van der Waals surface area contributed by atoms with Gasteiger partial charge in [-0.3, -0.25) is 0 Å². The van der Waals surface area contributed by atoms with Gasteiger partial charge in [0, 0.05) is 5.88 Å². The molecule has 1 atom stereocenters. The molecular weight excluding hydrogens is 288 g/mol. The molecule has 0 aliphatic rings. The lowest BCUT2D eigenvalue weighted by Gasteiger charge is -2.26. The Morgan fingerprint density at radius 1 is 1.37 bits per heavy atom. The number of methoxy groups -OCH3 is 2. The van der Waals surface area contributed by atoms with E-state index in [9.17, 15) is 4.79 Å². The zero-order valence-corrected chi connectivity index (χ0v) is 12.9. The number of nitrogens with zero attached hydrogens (tertiary/aromatic N) is 2. The molecule has 0 aromatic carbocycles. The lowest BCUT2D eigenvalue weighted by molar-refractivity contribution is -0.108. The second-order valence-electron chi connectivity index (χ2n) is 4.53. The Morgan fingerprint density at radius 2 is 1.89 bits per heavy atom. The summed E-state index contributed by atoms with van der Waals surface area (Å²) >= 11 is 7.13. The minimum Gasteiger partial charge on any atom is -0.481 e. The Balaban J connectivity index is 3.00. The maximum atomic E-state index is 11.2. The van der Waals surface area contributed by atoms with Gasteiger partial charge in [-0.25, -0.2) is 0 Å². The first-order valence-corrected chi connectivity index (χ1v) is 7.03. The molecule has 0 fully saturated rings. The second-order valence-corrected chi connectivity index (χ2v) is 5.91. The number of alkyl halides is 1. The van der Waals surface area contributed by atoms with E-state index in [2.05, 4.69) is 9.97 Å². The van der Waals surface area contributed by atoms with Gasteiger partial charge >= 0.3 is 0 Å². The van der Waals surface area contributed by atoms with E-state index in [4.69, 9.17) is 21.1 Å². The topological polar surface area (TPSA) is 61.3 Å². The summed E-state index contributed by atoms with van der Waals surface area (Å²) < 4.78 is 10.1. The number of thioether (sulfide) groups is 1. The normalized spacial score (nSPS) is 12.9. The number of hydrogen-bond donors (Lipinski definition) is 0. The Hall–Kier alpha value is -1.01. The van der Waals surface area contributed by atoms with Gasteiger partial charge < -0.3 is 14.3 Å². The monoisotopic (exact) mass is 304 g/mol. The fourth-order valence-corrected chi connectivity index (χ4v) is 2.43. The average Bonchev–Trinajstić information content (AvgIpc) is 2.43. The maximum Gasteiger partial charge on any atom is 0.220 e. The molecule has 106 valence electrons. The highest BCUT2D eigenvalue weighted by atomic mass is 35.5. The van der Waals surface area contributed by atoms with E-state index >= 15 is 0 Å². The van der Waals surface area contributed by atoms with Crippen LogP contribution in [0.1, 0.15) is 13.8 Å². The van der Waals surface area contributed by atoms with Crippen molar-refractivity contribution in [3.05, 3.63) is 6.07 Å². The number of aromatic nitrogens is 2. The quantitative estimate of drug-likeness (QED) is 0.334. The molecule has 0 spiro atoms. The van der Waals surface area contributed by atoms with E-state index in [1.54, 1.807) is 6.07 Å². The lowest BCUT2D eigenvalue weighted by Crippen LogP contribution is -2.29. The van der Waals surface area contributed by atoms with Gasteiger partial charge in [-0.1, -0.05) is 25.6 Å². The molecule has 1 rings (SSSR count). The van der Waals surface area contributed by atoms with Crippen molar-refractivity contribution in [2.75, 3.05) is 20.1 Å². The van der Waals surface area contributed by atoms with Gasteiger partial charge in [0.1, 0.15) is 6.29 Å². The maximum absolute atomic E-state index is 11.2. The lowest BCUT2D eigenvalue weighted by atomic mass is 9.92. The number of ether oxygens (including phenoxy) is 2. The molecule has 19 heavy (non-hydrogen) atoms. The van der Waals surface area contributed by atoms with Crippen molar-refractivity contribution in [1.82, 2.24) is 9.97 Å². The van der Waals surface area contributed by atoms with Crippen molar-refractivity contribution in [3.63, 3.8) is 0 Å². The molecule has 5 nitrogen and oxygen atoms in total. The Bertz CT molecular complexity index is 421. The summed E-state index contributed by atoms with van der Waals surface area (Å²) in [5.74, 6) is 1.15. The van der Waals surface area contributed by atoms with Crippen LogP contribution in [0.3, 0.4) is 0 Å². The zero-order valence-electron chi connectivity index (χ0n) is 11.3. The first kappa shape index (κ1) is 16.0. The van der Waals surface area contributed by atoms with Crippen LogP contribution in [0.25, 0.3) is 0 Å². The van der Waals surface area contributed by atoms with Crippen molar-refractivity contribution in [3.8, 4) is 11.8 Å². The summed E-state index contributed by atoms with van der Waals surface area (Å²) in [6.07, 6.45) is 0.863. The number of carbonyl (C=O) groups excluding carboxylic acids is 1. The molecular formula is C12H17ClN2O3S. The van der Waals surface area contributed by atoms with Crippen LogP contribution in [-0.2, 0) is 4.79 Å². The molecule has 1 aromatic rings. The third-order valence-electron chi connectivity index (χ3n) is 2.55. The van der Waals surface area contributed by atoms with Gasteiger partial charge in [0.25, 0.3) is 0 Å². The minimum atomic E-state index is -0.354. The largest absolute Gasteiger partial charge is 0.481 e. The predicted molar refractivity (Wildman–Crippen MR) is 75.3 cm³/mol. The van der Waals surface area contributed by atoms with Crippen LogP contribution in [0.5, 0.6) is 11.8 Å². The van der Waals surface area contributed by atoms with Crippen LogP contribution in [0.15, 0.2) is 11.2 Å². The van der Waals surface area contributed by atoms with Gasteiger partial charge in [0.15, 0.2) is 5.16 Å². The number of hydrogen-bond acceptors (Lipinski definition) is 6. The Labute approximate surface area is 122 Å². The highest BCUT2D eigenvalue weighted by Crippen LogP contribution is 2.35. The second kappa shape index (κ2) is 6.96. The third kappa shape index (κ3) is 4.24. The molecule has 0 amide bonds. The van der Waals surface area contributed by atoms with Crippen LogP contribution in [0.2, 0.25) is 0 Å². The summed E-state index contributed by atoms with van der Waals surface area (Å²) in [7, 11) is 3.02. The van der Waals surface area contributed by atoms with Crippen molar-refractivity contribution in [1.29, 1.82) is 0 Å². The molecule has 0 aliphatic carbocycles. The summed E-state index contributed by atoms with van der Waals surface area (Å²) in [6, 6.07) is 1.58. The highest BCUT2D eigenvalue weighted by molar-refractivity contribution is 8.00.